The predicted octanol–water partition coefficient (Wildman–Crippen LogP) is 2.87. The van der Waals surface area contributed by atoms with Gasteiger partial charge >= 0.3 is 0 Å². The van der Waals surface area contributed by atoms with E-state index in [2.05, 4.69) is 55.4 Å². The number of nitrogens with one attached hydrogen (secondary N) is 2. The first kappa shape index (κ1) is 21.4. The van der Waals surface area contributed by atoms with E-state index in [9.17, 15) is 9.59 Å². The summed E-state index contributed by atoms with van der Waals surface area (Å²) in [7, 11) is 0. The summed E-state index contributed by atoms with van der Waals surface area (Å²) < 4.78 is 0. The van der Waals surface area contributed by atoms with Gasteiger partial charge in [-0.3, -0.25) is 14.5 Å². The fourth-order valence-corrected chi connectivity index (χ4v) is 3.27. The number of likely N-dealkylation sites (tertiary alicyclic amines) is 1. The van der Waals surface area contributed by atoms with Crippen molar-refractivity contribution in [1.82, 2.24) is 15.5 Å². The van der Waals surface area contributed by atoms with Crippen molar-refractivity contribution in [2.24, 2.45) is 11.8 Å². The number of aryl methyl sites for hydroxylation is 1. The van der Waals surface area contributed by atoms with Gasteiger partial charge in [0.05, 0.1) is 6.04 Å². The first-order chi connectivity index (χ1) is 12.8. The van der Waals surface area contributed by atoms with Gasteiger partial charge in [0.15, 0.2) is 0 Å². The van der Waals surface area contributed by atoms with Gasteiger partial charge in [0, 0.05) is 18.5 Å². The lowest BCUT2D eigenvalue weighted by molar-refractivity contribution is -0.129. The number of carbonyl (C=O) groups is 2. The summed E-state index contributed by atoms with van der Waals surface area (Å²) in [6.45, 7) is 12.4. The minimum atomic E-state index is -0.172. The van der Waals surface area contributed by atoms with Gasteiger partial charge in [0.2, 0.25) is 11.8 Å². The molecule has 0 radical (unpaired) electrons. The van der Waals surface area contributed by atoms with Crippen LogP contribution in [0.15, 0.2) is 24.3 Å². The first-order valence-corrected chi connectivity index (χ1v) is 10.2. The van der Waals surface area contributed by atoms with Gasteiger partial charge in [-0.1, -0.05) is 43.7 Å². The molecular weight excluding hydrogens is 338 g/mol. The summed E-state index contributed by atoms with van der Waals surface area (Å²) in [6.07, 6.45) is 1.62. The Bertz CT molecular complexity index is 619. The molecule has 1 fully saturated rings. The van der Waals surface area contributed by atoms with Crippen LogP contribution < -0.4 is 10.6 Å². The molecule has 1 aliphatic rings. The van der Waals surface area contributed by atoms with Gasteiger partial charge in [-0.25, -0.2) is 0 Å². The Kier molecular flexibility index (Phi) is 7.84. The van der Waals surface area contributed by atoms with Crippen LogP contribution in [0.5, 0.6) is 0 Å². The second kappa shape index (κ2) is 9.88. The van der Waals surface area contributed by atoms with Crippen LogP contribution in [-0.2, 0) is 16.1 Å². The average molecular weight is 374 g/mol. The summed E-state index contributed by atoms with van der Waals surface area (Å²) in [4.78, 5) is 27.1. The van der Waals surface area contributed by atoms with Gasteiger partial charge in [0.25, 0.3) is 0 Å². The smallest absolute Gasteiger partial charge is 0.237 e. The van der Waals surface area contributed by atoms with E-state index in [1.807, 2.05) is 19.1 Å². The normalized spacial score (nSPS) is 18.1. The van der Waals surface area contributed by atoms with E-state index in [0.29, 0.717) is 12.5 Å². The van der Waals surface area contributed by atoms with Crippen LogP contribution in [0.3, 0.4) is 0 Å². The molecule has 2 unspecified atom stereocenters. The molecule has 0 aromatic heterocycles. The Balaban J connectivity index is 1.76. The van der Waals surface area contributed by atoms with E-state index >= 15 is 0 Å². The van der Waals surface area contributed by atoms with Crippen LogP contribution in [-0.4, -0.2) is 41.9 Å². The van der Waals surface area contributed by atoms with Crippen molar-refractivity contribution in [2.75, 3.05) is 13.1 Å². The SMILES string of the molecule is Cc1ccc(CNC(=O)C(C)N2CCC(C(=O)NC(C)C(C)C)CC2)cc1. The summed E-state index contributed by atoms with van der Waals surface area (Å²) in [5.74, 6) is 0.704. The second-order valence-corrected chi connectivity index (χ2v) is 8.23. The van der Waals surface area contributed by atoms with Crippen LogP contribution in [0.1, 0.15) is 51.7 Å². The average Bonchev–Trinajstić information content (AvgIpc) is 2.66. The summed E-state index contributed by atoms with van der Waals surface area (Å²) in [6, 6.07) is 8.23. The monoisotopic (exact) mass is 373 g/mol. The number of amides is 2. The van der Waals surface area contributed by atoms with Gasteiger partial charge in [-0.15, -0.1) is 0 Å². The molecule has 1 aromatic rings. The first-order valence-electron chi connectivity index (χ1n) is 10.2. The fourth-order valence-electron chi connectivity index (χ4n) is 3.27. The Hall–Kier alpha value is -1.88. The van der Waals surface area contributed by atoms with Gasteiger partial charge in [-0.05, 0) is 58.2 Å². The maximum atomic E-state index is 12.5. The third kappa shape index (κ3) is 6.35. The highest BCUT2D eigenvalue weighted by Gasteiger charge is 2.30. The van der Waals surface area contributed by atoms with E-state index in [4.69, 9.17) is 0 Å². The number of piperidine rings is 1. The Labute approximate surface area is 163 Å². The Morgan fingerprint density at radius 3 is 2.22 bits per heavy atom. The Morgan fingerprint density at radius 2 is 1.67 bits per heavy atom. The third-order valence-electron chi connectivity index (χ3n) is 5.78. The van der Waals surface area contributed by atoms with Gasteiger partial charge in [0.1, 0.15) is 0 Å². The van der Waals surface area contributed by atoms with E-state index in [0.717, 1.165) is 31.5 Å². The third-order valence-corrected chi connectivity index (χ3v) is 5.78. The molecule has 1 saturated heterocycles. The standard InChI is InChI=1S/C22H35N3O2/c1-15(2)17(4)24-22(27)20-10-12-25(13-11-20)18(5)21(26)23-14-19-8-6-16(3)7-9-19/h6-9,15,17-18,20H,10-14H2,1-5H3,(H,23,26)(H,24,27). The molecule has 2 rings (SSSR count). The lowest BCUT2D eigenvalue weighted by Crippen LogP contribution is -2.50. The number of hydrogen-bond acceptors (Lipinski definition) is 3. The molecule has 5 nitrogen and oxygen atoms in total. The quantitative estimate of drug-likeness (QED) is 0.773. The molecule has 0 saturated carbocycles. The molecular formula is C22H35N3O2. The zero-order chi connectivity index (χ0) is 20.0. The van der Waals surface area contributed by atoms with Crippen LogP contribution in [0.4, 0.5) is 0 Å². The van der Waals surface area contributed by atoms with Crippen molar-refractivity contribution < 1.29 is 9.59 Å². The molecule has 2 atom stereocenters. The minimum Gasteiger partial charge on any atom is -0.353 e. The van der Waals surface area contributed by atoms with Crippen molar-refractivity contribution in [3.05, 3.63) is 35.4 Å². The van der Waals surface area contributed by atoms with E-state index in [-0.39, 0.29) is 29.8 Å². The number of hydrogen-bond donors (Lipinski definition) is 2. The number of benzene rings is 1. The molecule has 5 heteroatoms. The molecule has 2 N–H and O–H groups in total. The van der Waals surface area contributed by atoms with Crippen molar-refractivity contribution in [2.45, 2.75) is 66.1 Å². The zero-order valence-corrected chi connectivity index (χ0v) is 17.4. The van der Waals surface area contributed by atoms with Crippen LogP contribution >= 0.6 is 0 Å². The summed E-state index contributed by atoms with van der Waals surface area (Å²) in [5, 5.41) is 6.15. The molecule has 0 bridgehead atoms. The second-order valence-electron chi connectivity index (χ2n) is 8.23. The number of nitrogens with zero attached hydrogens (tertiary/aromatic N) is 1. The predicted molar refractivity (Wildman–Crippen MR) is 109 cm³/mol. The number of rotatable bonds is 7. The van der Waals surface area contributed by atoms with E-state index < -0.39 is 0 Å². The minimum absolute atomic E-state index is 0.0481. The maximum Gasteiger partial charge on any atom is 0.237 e. The van der Waals surface area contributed by atoms with E-state index in [1.54, 1.807) is 0 Å². The van der Waals surface area contributed by atoms with Crippen molar-refractivity contribution in [3.8, 4) is 0 Å². The van der Waals surface area contributed by atoms with Crippen LogP contribution in [0.25, 0.3) is 0 Å². The summed E-state index contributed by atoms with van der Waals surface area (Å²) >= 11 is 0. The lowest BCUT2D eigenvalue weighted by atomic mass is 9.94. The van der Waals surface area contributed by atoms with Crippen molar-refractivity contribution in [3.63, 3.8) is 0 Å². The summed E-state index contributed by atoms with van der Waals surface area (Å²) in [5.41, 5.74) is 2.32. The van der Waals surface area contributed by atoms with Crippen LogP contribution in [0, 0.1) is 18.8 Å². The van der Waals surface area contributed by atoms with E-state index in [1.165, 1.54) is 5.56 Å². The molecule has 2 amide bonds. The highest BCUT2D eigenvalue weighted by atomic mass is 16.2. The molecule has 150 valence electrons. The zero-order valence-electron chi connectivity index (χ0n) is 17.4. The Morgan fingerprint density at radius 1 is 1.07 bits per heavy atom. The lowest BCUT2D eigenvalue weighted by Gasteiger charge is -2.35. The van der Waals surface area contributed by atoms with Gasteiger partial charge < -0.3 is 10.6 Å². The maximum absolute atomic E-state index is 12.5. The number of carbonyl (C=O) groups excluding carboxylic acids is 2. The molecule has 0 spiro atoms. The molecule has 1 heterocycles. The van der Waals surface area contributed by atoms with Crippen molar-refractivity contribution >= 4 is 11.8 Å². The topological polar surface area (TPSA) is 61.4 Å². The van der Waals surface area contributed by atoms with Gasteiger partial charge in [-0.2, -0.15) is 0 Å². The van der Waals surface area contributed by atoms with Crippen LogP contribution in [0.2, 0.25) is 0 Å². The van der Waals surface area contributed by atoms with Crippen molar-refractivity contribution in [1.29, 1.82) is 0 Å². The molecule has 1 aliphatic heterocycles. The largest absolute Gasteiger partial charge is 0.353 e. The fraction of sp³-hybridized carbons (Fsp3) is 0.636. The molecule has 1 aromatic carbocycles. The highest BCUT2D eigenvalue weighted by molar-refractivity contribution is 5.81. The molecule has 27 heavy (non-hydrogen) atoms. The molecule has 0 aliphatic carbocycles. The highest BCUT2D eigenvalue weighted by Crippen LogP contribution is 2.20.